The summed E-state index contributed by atoms with van der Waals surface area (Å²) >= 11 is 5.89. The van der Waals surface area contributed by atoms with Gasteiger partial charge in [-0.25, -0.2) is 9.97 Å². The third-order valence-electron chi connectivity index (χ3n) is 4.15. The maximum absolute atomic E-state index is 5.89. The topological polar surface area (TPSA) is 29.0 Å². The summed E-state index contributed by atoms with van der Waals surface area (Å²) in [6, 6.07) is 0. The van der Waals surface area contributed by atoms with Gasteiger partial charge in [-0.3, -0.25) is 0 Å². The SMILES string of the molecule is CCC1(CC)CCN(c2nc(Cl)ncc2C)C1. The average Bonchev–Trinajstić information content (AvgIpc) is 2.77. The number of aromatic nitrogens is 2. The molecule has 0 aliphatic carbocycles. The van der Waals surface area contributed by atoms with Crippen LogP contribution in [-0.4, -0.2) is 23.1 Å². The van der Waals surface area contributed by atoms with Gasteiger partial charge in [-0.1, -0.05) is 13.8 Å². The summed E-state index contributed by atoms with van der Waals surface area (Å²) in [5.41, 5.74) is 1.57. The van der Waals surface area contributed by atoms with E-state index in [1.807, 2.05) is 13.1 Å². The summed E-state index contributed by atoms with van der Waals surface area (Å²) in [7, 11) is 0. The van der Waals surface area contributed by atoms with E-state index >= 15 is 0 Å². The third kappa shape index (κ3) is 2.39. The van der Waals surface area contributed by atoms with Crippen LogP contribution in [0.15, 0.2) is 6.20 Å². The second kappa shape index (κ2) is 4.81. The van der Waals surface area contributed by atoms with E-state index < -0.39 is 0 Å². The number of nitrogens with zero attached hydrogens (tertiary/aromatic N) is 3. The van der Waals surface area contributed by atoms with Gasteiger partial charge in [-0.15, -0.1) is 0 Å². The van der Waals surface area contributed by atoms with Gasteiger partial charge in [-0.05, 0) is 43.2 Å². The van der Waals surface area contributed by atoms with Crippen LogP contribution in [-0.2, 0) is 0 Å². The first kappa shape index (κ1) is 12.6. The lowest BCUT2D eigenvalue weighted by Crippen LogP contribution is -2.27. The Hall–Kier alpha value is -0.830. The van der Waals surface area contributed by atoms with Crippen molar-refractivity contribution in [2.45, 2.75) is 40.0 Å². The van der Waals surface area contributed by atoms with E-state index in [0.29, 0.717) is 10.7 Å². The van der Waals surface area contributed by atoms with Crippen molar-refractivity contribution in [3.8, 4) is 0 Å². The molecule has 17 heavy (non-hydrogen) atoms. The molecular formula is C13H20ClN3. The third-order valence-corrected chi connectivity index (χ3v) is 4.34. The summed E-state index contributed by atoms with van der Waals surface area (Å²) < 4.78 is 0. The largest absolute Gasteiger partial charge is 0.356 e. The molecule has 1 fully saturated rings. The van der Waals surface area contributed by atoms with Gasteiger partial charge in [0.2, 0.25) is 5.28 Å². The highest BCUT2D eigenvalue weighted by Gasteiger charge is 2.35. The second-order valence-electron chi connectivity index (χ2n) is 5.02. The van der Waals surface area contributed by atoms with Gasteiger partial charge in [0.05, 0.1) is 0 Å². The maximum atomic E-state index is 5.89. The van der Waals surface area contributed by atoms with Gasteiger partial charge >= 0.3 is 0 Å². The van der Waals surface area contributed by atoms with Gasteiger partial charge in [0.25, 0.3) is 0 Å². The van der Waals surface area contributed by atoms with Crippen LogP contribution in [0.1, 0.15) is 38.7 Å². The molecule has 4 heteroatoms. The van der Waals surface area contributed by atoms with Crippen molar-refractivity contribution < 1.29 is 0 Å². The van der Waals surface area contributed by atoms with Crippen molar-refractivity contribution in [2.75, 3.05) is 18.0 Å². The predicted molar refractivity (Wildman–Crippen MR) is 71.6 cm³/mol. The molecule has 1 aromatic heterocycles. The highest BCUT2D eigenvalue weighted by atomic mass is 35.5. The second-order valence-corrected chi connectivity index (χ2v) is 5.36. The lowest BCUT2D eigenvalue weighted by atomic mass is 9.82. The number of halogens is 1. The lowest BCUT2D eigenvalue weighted by molar-refractivity contribution is 0.301. The summed E-state index contributed by atoms with van der Waals surface area (Å²) in [5.74, 6) is 1.01. The van der Waals surface area contributed by atoms with Crippen LogP contribution in [0.2, 0.25) is 5.28 Å². The zero-order valence-corrected chi connectivity index (χ0v) is 11.6. The van der Waals surface area contributed by atoms with Crippen LogP contribution in [0.3, 0.4) is 0 Å². The van der Waals surface area contributed by atoms with Crippen molar-refractivity contribution >= 4 is 17.4 Å². The van der Waals surface area contributed by atoms with E-state index in [2.05, 4.69) is 28.7 Å². The summed E-state index contributed by atoms with van der Waals surface area (Å²) in [6.07, 6.45) is 5.53. The van der Waals surface area contributed by atoms with E-state index in [9.17, 15) is 0 Å². The Morgan fingerprint density at radius 1 is 1.41 bits per heavy atom. The molecule has 1 aliphatic heterocycles. The Bertz CT molecular complexity index is 402. The Kier molecular flexibility index (Phi) is 3.57. The highest BCUT2D eigenvalue weighted by Crippen LogP contribution is 2.39. The molecule has 0 N–H and O–H groups in total. The van der Waals surface area contributed by atoms with E-state index in [-0.39, 0.29) is 0 Å². The number of hydrogen-bond donors (Lipinski definition) is 0. The monoisotopic (exact) mass is 253 g/mol. The fourth-order valence-electron chi connectivity index (χ4n) is 2.68. The first-order valence-corrected chi connectivity index (χ1v) is 6.72. The van der Waals surface area contributed by atoms with Crippen molar-refractivity contribution in [3.05, 3.63) is 17.0 Å². The van der Waals surface area contributed by atoms with Crippen molar-refractivity contribution in [3.63, 3.8) is 0 Å². The quantitative estimate of drug-likeness (QED) is 0.773. The molecule has 1 aromatic rings. The van der Waals surface area contributed by atoms with Gasteiger partial charge in [0.15, 0.2) is 0 Å². The fraction of sp³-hybridized carbons (Fsp3) is 0.692. The fourth-order valence-corrected chi connectivity index (χ4v) is 2.80. The first-order valence-electron chi connectivity index (χ1n) is 6.34. The highest BCUT2D eigenvalue weighted by molar-refractivity contribution is 6.28. The Morgan fingerprint density at radius 2 is 2.12 bits per heavy atom. The normalized spacial score (nSPS) is 18.7. The molecule has 0 spiro atoms. The Morgan fingerprint density at radius 3 is 2.71 bits per heavy atom. The predicted octanol–water partition coefficient (Wildman–Crippen LogP) is 3.45. The first-order chi connectivity index (χ1) is 8.10. The molecule has 2 heterocycles. The number of rotatable bonds is 3. The van der Waals surface area contributed by atoms with Crippen LogP contribution in [0.4, 0.5) is 5.82 Å². The van der Waals surface area contributed by atoms with E-state index in [1.165, 1.54) is 19.3 Å². The molecule has 1 aliphatic rings. The van der Waals surface area contributed by atoms with Crippen LogP contribution < -0.4 is 4.90 Å². The molecule has 0 aromatic carbocycles. The minimum absolute atomic E-state index is 0.344. The van der Waals surface area contributed by atoms with Gasteiger partial charge in [-0.2, -0.15) is 0 Å². The number of hydrogen-bond acceptors (Lipinski definition) is 3. The van der Waals surface area contributed by atoms with E-state index in [4.69, 9.17) is 11.6 Å². The number of anilines is 1. The van der Waals surface area contributed by atoms with E-state index in [1.54, 1.807) is 0 Å². The zero-order chi connectivity index (χ0) is 12.5. The van der Waals surface area contributed by atoms with Crippen LogP contribution >= 0.6 is 11.6 Å². The molecule has 0 atom stereocenters. The average molecular weight is 254 g/mol. The minimum Gasteiger partial charge on any atom is -0.356 e. The zero-order valence-electron chi connectivity index (χ0n) is 10.8. The summed E-state index contributed by atoms with van der Waals surface area (Å²) in [4.78, 5) is 10.7. The molecule has 0 radical (unpaired) electrons. The van der Waals surface area contributed by atoms with Crippen molar-refractivity contribution in [1.29, 1.82) is 0 Å². The summed E-state index contributed by atoms with van der Waals surface area (Å²) in [5, 5.41) is 0.344. The Balaban J connectivity index is 2.23. The van der Waals surface area contributed by atoms with Crippen molar-refractivity contribution in [2.24, 2.45) is 5.41 Å². The maximum Gasteiger partial charge on any atom is 0.224 e. The van der Waals surface area contributed by atoms with Crippen LogP contribution in [0, 0.1) is 12.3 Å². The summed E-state index contributed by atoms with van der Waals surface area (Å²) in [6.45, 7) is 8.78. The van der Waals surface area contributed by atoms with Crippen LogP contribution in [0.5, 0.6) is 0 Å². The van der Waals surface area contributed by atoms with Crippen molar-refractivity contribution in [1.82, 2.24) is 9.97 Å². The molecule has 0 saturated carbocycles. The molecule has 0 unspecified atom stereocenters. The lowest BCUT2D eigenvalue weighted by Gasteiger charge is -2.27. The molecule has 94 valence electrons. The standard InChI is InChI=1S/C13H20ClN3/c1-4-13(5-2)6-7-17(9-13)11-10(3)8-15-12(14)16-11/h8H,4-7,9H2,1-3H3. The van der Waals surface area contributed by atoms with Gasteiger partial charge in [0.1, 0.15) is 5.82 Å². The number of aryl methyl sites for hydroxylation is 1. The minimum atomic E-state index is 0.344. The van der Waals surface area contributed by atoms with E-state index in [0.717, 1.165) is 24.5 Å². The molecule has 0 amide bonds. The van der Waals surface area contributed by atoms with Gasteiger partial charge < -0.3 is 4.90 Å². The van der Waals surface area contributed by atoms with Gasteiger partial charge in [0, 0.05) is 24.8 Å². The smallest absolute Gasteiger partial charge is 0.224 e. The molecular weight excluding hydrogens is 234 g/mol. The molecule has 3 nitrogen and oxygen atoms in total. The Labute approximate surface area is 108 Å². The molecule has 1 saturated heterocycles. The molecule has 0 bridgehead atoms. The molecule has 2 rings (SSSR count). The van der Waals surface area contributed by atoms with Crippen LogP contribution in [0.25, 0.3) is 0 Å².